The summed E-state index contributed by atoms with van der Waals surface area (Å²) in [6, 6.07) is 15.2. The fourth-order valence-electron chi connectivity index (χ4n) is 3.77. The first-order valence-corrected chi connectivity index (χ1v) is 15.1. The second-order valence-electron chi connectivity index (χ2n) is 8.93. The van der Waals surface area contributed by atoms with Gasteiger partial charge < -0.3 is 25.6 Å². The molecule has 0 bridgehead atoms. The summed E-state index contributed by atoms with van der Waals surface area (Å²) in [7, 11) is -0.910. The number of nitrogens with one attached hydrogen (secondary N) is 2. The zero-order valence-electron chi connectivity index (χ0n) is 23.1. The van der Waals surface area contributed by atoms with Crippen LogP contribution in [0.25, 0.3) is 10.9 Å². The average Bonchev–Trinajstić information content (AvgIpc) is 3.55. The van der Waals surface area contributed by atoms with Crippen LogP contribution in [0.2, 0.25) is 4.34 Å². The van der Waals surface area contributed by atoms with E-state index in [9.17, 15) is 26.4 Å². The maximum Gasteiger partial charge on any atom is 0.490 e. The number of hydrogen-bond acceptors (Lipinski definition) is 9. The fraction of sp³-hybridized carbons (Fsp3) is 0.269. The number of sulfonamides is 1. The monoisotopic (exact) mass is 677 g/mol. The third-order valence-corrected chi connectivity index (χ3v) is 8.78. The number of nitrogens with two attached hydrogens (primary N) is 1. The Hall–Kier alpha value is -3.90. The molecule has 1 atom stereocenters. The van der Waals surface area contributed by atoms with E-state index >= 15 is 0 Å². The van der Waals surface area contributed by atoms with Crippen LogP contribution in [-0.2, 0) is 37.4 Å². The summed E-state index contributed by atoms with van der Waals surface area (Å²) in [6.45, 7) is 0.778. The number of aromatic nitrogens is 2. The number of alkyl halides is 3. The number of carboxylic acids is 1. The zero-order valence-corrected chi connectivity index (χ0v) is 25.5. The van der Waals surface area contributed by atoms with Gasteiger partial charge in [-0.3, -0.25) is 14.2 Å². The molecule has 238 valence electrons. The van der Waals surface area contributed by atoms with Gasteiger partial charge in [0.1, 0.15) is 16.0 Å². The van der Waals surface area contributed by atoms with Crippen molar-refractivity contribution in [3.63, 3.8) is 0 Å². The van der Waals surface area contributed by atoms with Crippen molar-refractivity contribution in [3.05, 3.63) is 70.1 Å². The highest BCUT2D eigenvalue weighted by molar-refractivity contribution is 7.94. The molecule has 2 aromatic carbocycles. The summed E-state index contributed by atoms with van der Waals surface area (Å²) in [5, 5.41) is 15.0. The van der Waals surface area contributed by atoms with Gasteiger partial charge in [0.25, 0.3) is 10.0 Å². The van der Waals surface area contributed by atoms with Crippen LogP contribution in [0.15, 0.2) is 58.8 Å². The maximum atomic E-state index is 13.0. The van der Waals surface area contributed by atoms with Crippen molar-refractivity contribution in [1.29, 1.82) is 0 Å². The Labute approximate surface area is 258 Å². The molecule has 18 heteroatoms. The largest absolute Gasteiger partial charge is 0.496 e. The van der Waals surface area contributed by atoms with Crippen LogP contribution in [0.5, 0.6) is 5.75 Å². The van der Waals surface area contributed by atoms with Crippen LogP contribution in [0.3, 0.4) is 0 Å². The van der Waals surface area contributed by atoms with Crippen molar-refractivity contribution in [2.45, 2.75) is 29.5 Å². The van der Waals surface area contributed by atoms with Gasteiger partial charge in [-0.2, -0.15) is 18.3 Å². The molecular formula is C26H27ClF3N5O7S2. The number of carbonyl (C=O) groups excluding carboxylic acids is 1. The number of rotatable bonds is 11. The number of carboxylic acid groups (broad SMARTS) is 1. The van der Waals surface area contributed by atoms with Crippen LogP contribution in [-0.4, -0.2) is 68.2 Å². The Morgan fingerprint density at radius 1 is 1.14 bits per heavy atom. The topological polar surface area (TPSA) is 175 Å². The summed E-state index contributed by atoms with van der Waals surface area (Å²) >= 11 is 6.90. The van der Waals surface area contributed by atoms with E-state index in [1.807, 2.05) is 36.4 Å². The maximum absolute atomic E-state index is 13.0. The molecule has 2 heterocycles. The molecule has 0 spiro atoms. The Bertz CT molecular complexity index is 1730. The number of ether oxygens (including phenoxy) is 2. The molecule has 0 radical (unpaired) electrons. The predicted molar refractivity (Wildman–Crippen MR) is 157 cm³/mol. The van der Waals surface area contributed by atoms with Crippen molar-refractivity contribution in [3.8, 4) is 5.75 Å². The van der Waals surface area contributed by atoms with Crippen LogP contribution in [0.4, 0.5) is 19.0 Å². The van der Waals surface area contributed by atoms with E-state index in [0.717, 1.165) is 22.5 Å². The number of thiophene rings is 1. The molecule has 0 fully saturated rings. The van der Waals surface area contributed by atoms with E-state index in [4.69, 9.17) is 36.7 Å². The first-order chi connectivity index (χ1) is 20.7. The predicted octanol–water partition coefficient (Wildman–Crippen LogP) is 3.83. The van der Waals surface area contributed by atoms with Crippen molar-refractivity contribution in [1.82, 2.24) is 15.1 Å². The molecule has 0 unspecified atom stereocenters. The van der Waals surface area contributed by atoms with Crippen molar-refractivity contribution in [2.75, 3.05) is 25.5 Å². The lowest BCUT2D eigenvalue weighted by Crippen LogP contribution is -2.43. The van der Waals surface area contributed by atoms with Crippen molar-refractivity contribution in [2.24, 2.45) is 5.73 Å². The minimum absolute atomic E-state index is 0.0788. The van der Waals surface area contributed by atoms with E-state index in [2.05, 4.69) is 15.1 Å². The third-order valence-electron chi connectivity index (χ3n) is 5.72. The van der Waals surface area contributed by atoms with Gasteiger partial charge in [0, 0.05) is 13.7 Å². The summed E-state index contributed by atoms with van der Waals surface area (Å²) in [5.41, 5.74) is 8.23. The van der Waals surface area contributed by atoms with Gasteiger partial charge in [0.15, 0.2) is 5.82 Å². The molecule has 0 aliphatic rings. The fourth-order valence-corrected chi connectivity index (χ4v) is 6.26. The lowest BCUT2D eigenvalue weighted by molar-refractivity contribution is -0.192. The standard InChI is InChI=1S/C24H26ClN5O5S2.C2HF3O2/c1-34-14-17(26)24(31)27-12-15-5-3-6-16(11-15)13-30-18-7-4-8-19(35-2)22(18)23(28-30)29-37(32,33)21-10-9-20(25)36-21;3-2(4,5)1(6)7/h3-11,17H,12-14,26H2,1-2H3,(H,27,31)(H,28,29);(H,6,7)/t17-;/m0./s1. The molecule has 44 heavy (non-hydrogen) atoms. The van der Waals surface area contributed by atoms with Gasteiger partial charge in [0.05, 0.1) is 35.5 Å². The Morgan fingerprint density at radius 2 is 1.80 bits per heavy atom. The highest BCUT2D eigenvalue weighted by Crippen LogP contribution is 2.35. The number of benzene rings is 2. The van der Waals surface area contributed by atoms with Crippen LogP contribution >= 0.6 is 22.9 Å². The van der Waals surface area contributed by atoms with Crippen molar-refractivity contribution < 1.29 is 45.8 Å². The number of methoxy groups -OCH3 is 2. The van der Waals surface area contributed by atoms with E-state index in [1.54, 1.807) is 10.7 Å². The molecule has 4 aromatic rings. The van der Waals surface area contributed by atoms with Crippen LogP contribution < -0.4 is 20.5 Å². The summed E-state index contributed by atoms with van der Waals surface area (Å²) in [5.74, 6) is -2.43. The molecule has 12 nitrogen and oxygen atoms in total. The van der Waals surface area contributed by atoms with Gasteiger partial charge in [0.2, 0.25) is 5.91 Å². The molecule has 0 saturated carbocycles. The Balaban J connectivity index is 0.000000676. The molecule has 0 saturated heterocycles. The molecule has 2 aromatic heterocycles. The molecule has 5 N–H and O–H groups in total. The SMILES string of the molecule is COC[C@H](N)C(=O)NCc1cccc(Cn2nc(NS(=O)(=O)c3ccc(Cl)s3)c3c(OC)cccc32)c1.O=C(O)C(F)(F)F. The number of amides is 1. The summed E-state index contributed by atoms with van der Waals surface area (Å²) in [4.78, 5) is 21.0. The molecule has 0 aliphatic heterocycles. The Morgan fingerprint density at radius 3 is 2.39 bits per heavy atom. The van der Waals surface area contributed by atoms with Gasteiger partial charge in [-0.1, -0.05) is 41.9 Å². The number of anilines is 1. The minimum atomic E-state index is -5.08. The molecule has 1 amide bonds. The second-order valence-corrected chi connectivity index (χ2v) is 12.6. The van der Waals surface area contributed by atoms with E-state index in [-0.39, 0.29) is 22.5 Å². The smallest absolute Gasteiger partial charge is 0.490 e. The summed E-state index contributed by atoms with van der Waals surface area (Å²) in [6.07, 6.45) is -5.08. The lowest BCUT2D eigenvalue weighted by Gasteiger charge is -2.12. The number of nitrogens with zero attached hydrogens (tertiary/aromatic N) is 2. The van der Waals surface area contributed by atoms with Crippen LogP contribution in [0.1, 0.15) is 11.1 Å². The second kappa shape index (κ2) is 14.7. The van der Waals surface area contributed by atoms with Crippen molar-refractivity contribution >= 4 is 61.6 Å². The summed E-state index contributed by atoms with van der Waals surface area (Å²) < 4.78 is 72.8. The van der Waals surface area contributed by atoms with Crippen LogP contribution in [0, 0.1) is 0 Å². The van der Waals surface area contributed by atoms with Gasteiger partial charge >= 0.3 is 12.1 Å². The van der Waals surface area contributed by atoms with E-state index in [0.29, 0.717) is 34.1 Å². The third kappa shape index (κ3) is 9.06. The first kappa shape index (κ1) is 34.6. The normalized spacial score (nSPS) is 12.2. The highest BCUT2D eigenvalue weighted by atomic mass is 35.5. The number of fused-ring (bicyclic) bond motifs is 1. The lowest BCUT2D eigenvalue weighted by atomic mass is 10.1. The molecule has 0 aliphatic carbocycles. The quantitative estimate of drug-likeness (QED) is 0.184. The van der Waals surface area contributed by atoms with E-state index < -0.39 is 28.2 Å². The molecular weight excluding hydrogens is 651 g/mol. The Kier molecular flexibility index (Phi) is 11.6. The molecule has 4 rings (SSSR count). The number of hydrogen-bond donors (Lipinski definition) is 4. The highest BCUT2D eigenvalue weighted by Gasteiger charge is 2.38. The van der Waals surface area contributed by atoms with Gasteiger partial charge in [-0.15, -0.1) is 11.3 Å². The number of aliphatic carboxylic acids is 1. The minimum Gasteiger partial charge on any atom is -0.496 e. The number of carbonyl (C=O) groups is 2. The average molecular weight is 678 g/mol. The van der Waals surface area contributed by atoms with Gasteiger partial charge in [-0.25, -0.2) is 13.2 Å². The van der Waals surface area contributed by atoms with E-state index in [1.165, 1.54) is 26.4 Å². The first-order valence-electron chi connectivity index (χ1n) is 12.4. The number of halogens is 4. The zero-order chi connectivity index (χ0) is 32.7. The van der Waals surface area contributed by atoms with Gasteiger partial charge in [-0.05, 0) is 35.4 Å².